The quantitative estimate of drug-likeness (QED) is 0.317. The molecule has 0 spiro atoms. The number of nitrogens with zero attached hydrogens (tertiary/aromatic N) is 5. The third-order valence-corrected chi connectivity index (χ3v) is 2.67. The third kappa shape index (κ3) is 3.05. The molecule has 110 valence electrons. The molecule has 21 heavy (non-hydrogen) atoms. The van der Waals surface area contributed by atoms with E-state index in [2.05, 4.69) is 20.7 Å². The lowest BCUT2D eigenvalue weighted by Gasteiger charge is -2.01. The zero-order valence-electron chi connectivity index (χ0n) is 11.1. The molecule has 1 aromatic heterocycles. The Labute approximate surface area is 119 Å². The molecule has 0 amide bonds. The summed E-state index contributed by atoms with van der Waals surface area (Å²) >= 11 is 0. The second-order valence-electron chi connectivity index (χ2n) is 4.03. The van der Waals surface area contributed by atoms with Crippen molar-refractivity contribution >= 4 is 17.9 Å². The molecular formula is C11H13N7O3. The molecule has 2 rings (SSSR count). The molecule has 1 heterocycles. The van der Waals surface area contributed by atoms with E-state index in [4.69, 9.17) is 5.84 Å². The SMILES string of the molecule is CCc1nnc(N/N=C/c2cc([N+](=O)[O-])ccc2O)n1N. The smallest absolute Gasteiger partial charge is 0.270 e. The second kappa shape index (κ2) is 5.86. The highest BCUT2D eigenvalue weighted by Gasteiger charge is 2.09. The number of hydrazone groups is 1. The number of nitrogens with one attached hydrogen (secondary N) is 1. The van der Waals surface area contributed by atoms with Gasteiger partial charge < -0.3 is 10.9 Å². The van der Waals surface area contributed by atoms with Gasteiger partial charge in [-0.05, 0) is 6.07 Å². The van der Waals surface area contributed by atoms with E-state index in [9.17, 15) is 15.2 Å². The molecule has 0 aliphatic rings. The minimum atomic E-state index is -0.561. The number of rotatable bonds is 5. The van der Waals surface area contributed by atoms with Crippen molar-refractivity contribution in [3.63, 3.8) is 0 Å². The number of phenols is 1. The average molecular weight is 291 g/mol. The standard InChI is InChI=1S/C11H13N7O3/c1-2-10-14-16-11(17(10)12)15-13-6-7-5-8(18(20)21)3-4-9(7)19/h3-6,19H,2,12H2,1H3,(H,15,16)/b13-6+. The Morgan fingerprint density at radius 2 is 2.33 bits per heavy atom. The molecule has 10 nitrogen and oxygen atoms in total. The second-order valence-corrected chi connectivity index (χ2v) is 4.03. The first kappa shape index (κ1) is 14.2. The van der Waals surface area contributed by atoms with Gasteiger partial charge in [0.25, 0.3) is 11.6 Å². The number of hydrogen-bond donors (Lipinski definition) is 3. The van der Waals surface area contributed by atoms with Crippen LogP contribution in [0.4, 0.5) is 11.6 Å². The summed E-state index contributed by atoms with van der Waals surface area (Å²) in [6.45, 7) is 1.88. The lowest BCUT2D eigenvalue weighted by atomic mass is 10.2. The Kier molecular flexibility index (Phi) is 3.97. The van der Waals surface area contributed by atoms with Gasteiger partial charge in [0.05, 0.1) is 11.1 Å². The van der Waals surface area contributed by atoms with Crippen LogP contribution in [0.25, 0.3) is 0 Å². The fourth-order valence-corrected chi connectivity index (χ4v) is 1.56. The van der Waals surface area contributed by atoms with Crippen LogP contribution < -0.4 is 11.3 Å². The molecule has 0 unspecified atom stereocenters. The summed E-state index contributed by atoms with van der Waals surface area (Å²) in [5.74, 6) is 6.36. The number of aryl methyl sites for hydroxylation is 1. The van der Waals surface area contributed by atoms with E-state index < -0.39 is 4.92 Å². The van der Waals surface area contributed by atoms with Gasteiger partial charge in [-0.2, -0.15) is 5.10 Å². The Balaban J connectivity index is 2.16. The maximum atomic E-state index is 10.7. The van der Waals surface area contributed by atoms with Crippen LogP contribution in [0.2, 0.25) is 0 Å². The third-order valence-electron chi connectivity index (χ3n) is 2.67. The number of non-ortho nitro benzene ring substituents is 1. The summed E-state index contributed by atoms with van der Waals surface area (Å²) in [5.41, 5.74) is 2.59. The Morgan fingerprint density at radius 1 is 1.57 bits per heavy atom. The topological polar surface area (TPSA) is 144 Å². The number of aromatic nitrogens is 3. The molecule has 0 fully saturated rings. The van der Waals surface area contributed by atoms with E-state index in [0.717, 1.165) is 0 Å². The Bertz CT molecular complexity index is 695. The van der Waals surface area contributed by atoms with E-state index in [1.165, 1.54) is 29.1 Å². The first-order valence-electron chi connectivity index (χ1n) is 5.98. The molecule has 10 heteroatoms. The summed E-state index contributed by atoms with van der Waals surface area (Å²) in [4.78, 5) is 10.1. The summed E-state index contributed by atoms with van der Waals surface area (Å²) in [6, 6.07) is 3.62. The van der Waals surface area contributed by atoms with Crippen LogP contribution in [0.3, 0.4) is 0 Å². The number of nitrogen functional groups attached to an aromatic ring is 1. The lowest BCUT2D eigenvalue weighted by Crippen LogP contribution is -2.14. The van der Waals surface area contributed by atoms with Gasteiger partial charge in [0.1, 0.15) is 5.75 Å². The van der Waals surface area contributed by atoms with Gasteiger partial charge in [-0.25, -0.2) is 10.1 Å². The van der Waals surface area contributed by atoms with Gasteiger partial charge in [-0.15, -0.1) is 10.2 Å². The van der Waals surface area contributed by atoms with E-state index in [0.29, 0.717) is 12.2 Å². The first-order chi connectivity index (χ1) is 10.0. The minimum absolute atomic E-state index is 0.130. The Hall–Kier alpha value is -3.17. The van der Waals surface area contributed by atoms with Crippen molar-refractivity contribution < 1.29 is 10.0 Å². The number of nitrogens with two attached hydrogens (primary N) is 1. The summed E-state index contributed by atoms with van der Waals surface area (Å²) in [6.07, 6.45) is 1.84. The molecule has 0 saturated carbocycles. The molecule has 0 bridgehead atoms. The van der Waals surface area contributed by atoms with E-state index in [1.807, 2.05) is 6.92 Å². The monoisotopic (exact) mass is 291 g/mol. The van der Waals surface area contributed by atoms with Crippen molar-refractivity contribution in [1.29, 1.82) is 0 Å². The number of benzene rings is 1. The van der Waals surface area contributed by atoms with E-state index in [1.54, 1.807) is 0 Å². The lowest BCUT2D eigenvalue weighted by molar-refractivity contribution is -0.384. The van der Waals surface area contributed by atoms with Crippen molar-refractivity contribution in [2.45, 2.75) is 13.3 Å². The number of anilines is 1. The summed E-state index contributed by atoms with van der Waals surface area (Å²) in [5, 5.41) is 31.7. The molecule has 0 atom stereocenters. The van der Waals surface area contributed by atoms with Gasteiger partial charge in [0.2, 0.25) is 0 Å². The predicted octanol–water partition coefficient (Wildman–Crippen LogP) is 0.614. The van der Waals surface area contributed by atoms with Crippen LogP contribution >= 0.6 is 0 Å². The fraction of sp³-hybridized carbons (Fsp3) is 0.182. The number of hydrogen-bond acceptors (Lipinski definition) is 8. The van der Waals surface area contributed by atoms with Crippen molar-refractivity contribution in [2.24, 2.45) is 5.10 Å². The van der Waals surface area contributed by atoms with Gasteiger partial charge in [-0.1, -0.05) is 6.92 Å². The Morgan fingerprint density at radius 3 is 2.95 bits per heavy atom. The minimum Gasteiger partial charge on any atom is -0.507 e. The average Bonchev–Trinajstić information content (AvgIpc) is 2.81. The number of nitro benzene ring substituents is 1. The van der Waals surface area contributed by atoms with E-state index in [-0.39, 0.29) is 22.9 Å². The molecule has 0 aliphatic carbocycles. The fourth-order valence-electron chi connectivity index (χ4n) is 1.56. The maximum absolute atomic E-state index is 10.7. The molecular weight excluding hydrogens is 278 g/mol. The molecule has 4 N–H and O–H groups in total. The molecule has 1 aromatic carbocycles. The largest absolute Gasteiger partial charge is 0.507 e. The van der Waals surface area contributed by atoms with E-state index >= 15 is 0 Å². The summed E-state index contributed by atoms with van der Waals surface area (Å²) in [7, 11) is 0. The van der Waals surface area contributed by atoms with Crippen LogP contribution in [0.15, 0.2) is 23.3 Å². The van der Waals surface area contributed by atoms with Gasteiger partial charge in [0, 0.05) is 24.1 Å². The zero-order valence-corrected chi connectivity index (χ0v) is 11.1. The molecule has 0 saturated heterocycles. The maximum Gasteiger partial charge on any atom is 0.270 e. The van der Waals surface area contributed by atoms with Crippen molar-refractivity contribution in [1.82, 2.24) is 14.9 Å². The number of nitro groups is 1. The highest BCUT2D eigenvalue weighted by molar-refractivity contribution is 5.84. The number of phenolic OH excluding ortho intramolecular Hbond substituents is 1. The highest BCUT2D eigenvalue weighted by atomic mass is 16.6. The van der Waals surface area contributed by atoms with Crippen LogP contribution in [0, 0.1) is 10.1 Å². The van der Waals surface area contributed by atoms with Crippen LogP contribution in [-0.2, 0) is 6.42 Å². The highest BCUT2D eigenvalue weighted by Crippen LogP contribution is 2.21. The van der Waals surface area contributed by atoms with Crippen molar-refractivity contribution in [3.05, 3.63) is 39.7 Å². The normalized spacial score (nSPS) is 10.9. The molecule has 0 radical (unpaired) electrons. The van der Waals surface area contributed by atoms with Crippen LogP contribution in [0.5, 0.6) is 5.75 Å². The van der Waals surface area contributed by atoms with Gasteiger partial charge in [0.15, 0.2) is 5.82 Å². The molecule has 2 aromatic rings. The van der Waals surface area contributed by atoms with Gasteiger partial charge in [-0.3, -0.25) is 10.1 Å². The summed E-state index contributed by atoms with van der Waals surface area (Å²) < 4.78 is 1.24. The number of aromatic hydroxyl groups is 1. The van der Waals surface area contributed by atoms with Crippen molar-refractivity contribution in [2.75, 3.05) is 11.3 Å². The van der Waals surface area contributed by atoms with Crippen molar-refractivity contribution in [3.8, 4) is 5.75 Å². The first-order valence-corrected chi connectivity index (χ1v) is 5.98. The van der Waals surface area contributed by atoms with Crippen LogP contribution in [0.1, 0.15) is 18.3 Å². The molecule has 0 aliphatic heterocycles. The zero-order chi connectivity index (χ0) is 15.4. The van der Waals surface area contributed by atoms with Gasteiger partial charge >= 0.3 is 0 Å². The predicted molar refractivity (Wildman–Crippen MR) is 75.5 cm³/mol. The van der Waals surface area contributed by atoms with Crippen LogP contribution in [-0.4, -0.2) is 31.1 Å².